The number of hydrogen-bond donors (Lipinski definition) is 5. The summed E-state index contributed by atoms with van der Waals surface area (Å²) in [7, 11) is -4.16. The quantitative estimate of drug-likeness (QED) is 0.191. The van der Waals surface area contributed by atoms with Crippen LogP contribution in [0.2, 0.25) is 0 Å². The number of ketones is 1. The Labute approximate surface area is 262 Å². The van der Waals surface area contributed by atoms with Gasteiger partial charge in [0.25, 0.3) is 0 Å². The first-order valence-electron chi connectivity index (χ1n) is 15.0. The molecule has 6 aliphatic rings. The third-order valence-corrected chi connectivity index (χ3v) is 11.3. The number of likely N-dealkylation sites (tertiary alicyclic amines) is 1. The third kappa shape index (κ3) is 4.02. The van der Waals surface area contributed by atoms with Crippen LogP contribution in [-0.4, -0.2) is 106 Å². The summed E-state index contributed by atoms with van der Waals surface area (Å²) in [6.45, 7) is 5.20. The Bertz CT molecular complexity index is 1820. The van der Waals surface area contributed by atoms with Crippen LogP contribution in [0.4, 0.5) is 5.82 Å². The molecular formula is C29H33N6O10P. The van der Waals surface area contributed by atoms with Crippen molar-refractivity contribution in [1.29, 1.82) is 0 Å². The lowest BCUT2D eigenvalue weighted by Crippen LogP contribution is -2.76. The summed E-state index contributed by atoms with van der Waals surface area (Å²) in [5.41, 5.74) is 6.72. The van der Waals surface area contributed by atoms with Crippen molar-refractivity contribution in [2.24, 2.45) is 0 Å². The topological polar surface area (TPSA) is 225 Å². The van der Waals surface area contributed by atoms with E-state index in [0.29, 0.717) is 42.6 Å². The van der Waals surface area contributed by atoms with Gasteiger partial charge in [-0.05, 0) is 30.9 Å². The highest BCUT2D eigenvalue weighted by atomic mass is 31.2. The second-order valence-electron chi connectivity index (χ2n) is 12.5. The lowest BCUT2D eigenvalue weighted by atomic mass is 9.49. The molecule has 3 aromatic rings. The molecule has 3 saturated heterocycles. The van der Waals surface area contributed by atoms with Gasteiger partial charge in [0.05, 0.1) is 24.0 Å². The number of piperidine rings is 1. The predicted molar refractivity (Wildman–Crippen MR) is 158 cm³/mol. The zero-order valence-electron chi connectivity index (χ0n) is 24.5. The van der Waals surface area contributed by atoms with E-state index in [-0.39, 0.29) is 30.0 Å². The van der Waals surface area contributed by atoms with Crippen molar-refractivity contribution in [2.75, 3.05) is 25.4 Å². The van der Waals surface area contributed by atoms with Crippen molar-refractivity contribution in [1.82, 2.24) is 24.4 Å². The first kappa shape index (κ1) is 29.9. The Morgan fingerprint density at radius 1 is 1.24 bits per heavy atom. The number of aromatic nitrogens is 4. The average Bonchev–Trinajstić information content (AvgIpc) is 3.70. The fourth-order valence-electron chi connectivity index (χ4n) is 8.42. The number of nitrogens with zero attached hydrogens (tertiary/aromatic N) is 5. The smallest absolute Gasteiger partial charge is 0.472 e. The van der Waals surface area contributed by atoms with E-state index in [1.807, 2.05) is 12.1 Å². The SMILES string of the molecule is C=CCN1CC[C@]23c4c5ccc(O)c4O[C@H]2C(=O)CC[C@@]3(O)[C@H]1C5.Nc1ncnc2c1ncn2[C@@H]1O[C@@H]2COP(=O)(O)O[C@H]2[C@H]1O. The molecule has 0 radical (unpaired) electrons. The van der Waals surface area contributed by atoms with Crippen molar-refractivity contribution in [3.8, 4) is 11.5 Å². The molecule has 1 saturated carbocycles. The number of phosphoric ester groups is 1. The fraction of sp³-hybridized carbons (Fsp3) is 0.517. The molecule has 4 aliphatic heterocycles. The first-order chi connectivity index (χ1) is 22.0. The number of carbonyl (C=O) groups excluding carboxylic acids is 1. The van der Waals surface area contributed by atoms with Gasteiger partial charge in [-0.3, -0.25) is 23.3 Å². The third-order valence-electron chi connectivity index (χ3n) is 10.4. The summed E-state index contributed by atoms with van der Waals surface area (Å²) in [6, 6.07) is 3.52. The Morgan fingerprint density at radius 3 is 2.87 bits per heavy atom. The van der Waals surface area contributed by atoms with E-state index in [1.165, 1.54) is 17.2 Å². The highest BCUT2D eigenvalue weighted by Crippen LogP contribution is 2.64. The van der Waals surface area contributed by atoms with Crippen LogP contribution in [0.3, 0.4) is 0 Å². The van der Waals surface area contributed by atoms with Crippen LogP contribution in [0.5, 0.6) is 11.5 Å². The highest BCUT2D eigenvalue weighted by molar-refractivity contribution is 7.47. The van der Waals surface area contributed by atoms with Crippen molar-refractivity contribution in [3.63, 3.8) is 0 Å². The molecule has 4 fully saturated rings. The van der Waals surface area contributed by atoms with Gasteiger partial charge in [-0.25, -0.2) is 19.5 Å². The van der Waals surface area contributed by atoms with Crippen molar-refractivity contribution in [2.45, 2.75) is 73.4 Å². The number of phenolic OH excluding ortho intramolecular Hbond substituents is 1. The standard InChI is InChI=1S/C19H21NO4.C10H12N5O6P/c1-2-8-20-9-7-18-15-11-3-4-12(21)16(15)24-17(18)13(22)5-6-19(18,23)14(20)10-11;11-8-5-9(13-2-12-8)15(3-14-5)10-6(16)7-4(20-10)1-19-22(17,18)21-7/h2-4,14,17,21,23H,1,5-10H2;2-4,6-7,10,16H,1H2,(H,17,18)(H2,11,12,13)/t14-,17+,18+,19-;4-,6-,7-,10-/m11/s1. The largest absolute Gasteiger partial charge is 0.504 e. The molecule has 2 bridgehead atoms. The number of fused-ring (bicyclic) bond motifs is 2. The normalized spacial score (nSPS) is 38.8. The summed E-state index contributed by atoms with van der Waals surface area (Å²) in [5, 5.41) is 32.5. The maximum atomic E-state index is 12.6. The van der Waals surface area contributed by atoms with E-state index in [1.54, 1.807) is 6.07 Å². The Kier molecular flexibility index (Phi) is 6.67. The molecule has 9 rings (SSSR count). The van der Waals surface area contributed by atoms with Crippen molar-refractivity contribution < 1.29 is 48.1 Å². The van der Waals surface area contributed by atoms with E-state index < -0.39 is 49.5 Å². The zero-order chi connectivity index (χ0) is 32.2. The van der Waals surface area contributed by atoms with E-state index in [9.17, 15) is 29.6 Å². The Hall–Kier alpha value is -3.47. The number of aromatic hydroxyl groups is 1. The van der Waals surface area contributed by atoms with Gasteiger partial charge in [0.15, 0.2) is 41.1 Å². The van der Waals surface area contributed by atoms with Crippen molar-refractivity contribution >= 4 is 30.6 Å². The number of Topliss-reactive ketones (excluding diaryl/α,β-unsaturated/α-hetero) is 1. The van der Waals surface area contributed by atoms with E-state index >= 15 is 0 Å². The van der Waals surface area contributed by atoms with Crippen LogP contribution in [0.25, 0.3) is 11.2 Å². The van der Waals surface area contributed by atoms with Crippen LogP contribution in [0.15, 0.2) is 37.4 Å². The Balaban J connectivity index is 0.000000136. The molecule has 6 N–H and O–H groups in total. The number of rotatable bonds is 3. The summed E-state index contributed by atoms with van der Waals surface area (Å²) in [5.74, 6) is 0.730. The van der Waals surface area contributed by atoms with Gasteiger partial charge in [0.2, 0.25) is 0 Å². The molecule has 2 aromatic heterocycles. The maximum Gasteiger partial charge on any atom is 0.472 e. The summed E-state index contributed by atoms with van der Waals surface area (Å²) < 4.78 is 34.2. The van der Waals surface area contributed by atoms with Gasteiger partial charge in [-0.2, -0.15) is 0 Å². The van der Waals surface area contributed by atoms with Gasteiger partial charge < -0.3 is 35.4 Å². The first-order valence-corrected chi connectivity index (χ1v) is 16.5. The lowest BCUT2D eigenvalue weighted by molar-refractivity contribution is -0.187. The van der Waals surface area contributed by atoms with Gasteiger partial charge >= 0.3 is 7.82 Å². The minimum Gasteiger partial charge on any atom is -0.504 e. The number of hydrogen-bond acceptors (Lipinski definition) is 14. The monoisotopic (exact) mass is 656 g/mol. The second kappa shape index (κ2) is 10.3. The molecule has 9 atom stereocenters. The zero-order valence-corrected chi connectivity index (χ0v) is 25.4. The van der Waals surface area contributed by atoms with E-state index in [0.717, 1.165) is 24.2 Å². The highest BCUT2D eigenvalue weighted by Gasteiger charge is 2.73. The number of aliphatic hydroxyl groups is 2. The summed E-state index contributed by atoms with van der Waals surface area (Å²) in [6.07, 6.45) is 2.28. The molecule has 6 heterocycles. The fourth-order valence-corrected chi connectivity index (χ4v) is 9.38. The number of phosphoric acid groups is 1. The van der Waals surface area contributed by atoms with Crippen LogP contribution < -0.4 is 10.5 Å². The van der Waals surface area contributed by atoms with Crippen LogP contribution in [-0.2, 0) is 35.0 Å². The lowest BCUT2D eigenvalue weighted by Gasteiger charge is -2.62. The average molecular weight is 657 g/mol. The number of nitrogen functional groups attached to an aromatic ring is 1. The molecule has 2 aliphatic carbocycles. The Morgan fingerprint density at radius 2 is 2.07 bits per heavy atom. The molecule has 1 aromatic carbocycles. The number of benzene rings is 1. The minimum atomic E-state index is -4.16. The number of aliphatic hydroxyl groups excluding tert-OH is 1. The van der Waals surface area contributed by atoms with Crippen LogP contribution in [0, 0.1) is 0 Å². The maximum absolute atomic E-state index is 12.6. The number of carbonyl (C=O) groups is 1. The van der Waals surface area contributed by atoms with Crippen LogP contribution in [0.1, 0.15) is 36.6 Å². The molecule has 17 heteroatoms. The van der Waals surface area contributed by atoms with Crippen LogP contribution >= 0.6 is 7.82 Å². The summed E-state index contributed by atoms with van der Waals surface area (Å²) in [4.78, 5) is 36.3. The second-order valence-corrected chi connectivity index (χ2v) is 13.9. The molecule has 46 heavy (non-hydrogen) atoms. The molecule has 0 amide bonds. The van der Waals surface area contributed by atoms with Gasteiger partial charge in [0.1, 0.15) is 30.2 Å². The number of ether oxygens (including phenoxy) is 2. The molecule has 244 valence electrons. The van der Waals surface area contributed by atoms with E-state index in [2.05, 4.69) is 31.0 Å². The predicted octanol–water partition coefficient (Wildman–Crippen LogP) is 0.484. The number of imidazole rings is 1. The minimum absolute atomic E-state index is 0.0408. The molecule has 16 nitrogen and oxygen atoms in total. The van der Waals surface area contributed by atoms with Crippen molar-refractivity contribution in [3.05, 3.63) is 48.6 Å². The van der Waals surface area contributed by atoms with Gasteiger partial charge in [0, 0.05) is 31.1 Å². The number of phenols is 1. The number of nitrogens with two attached hydrogens (primary N) is 1. The molecule has 1 unspecified atom stereocenters. The molecule has 1 spiro atoms. The molecular weight excluding hydrogens is 623 g/mol. The van der Waals surface area contributed by atoms with Gasteiger partial charge in [-0.1, -0.05) is 12.1 Å². The van der Waals surface area contributed by atoms with E-state index in [4.69, 9.17) is 19.7 Å². The number of anilines is 1. The summed E-state index contributed by atoms with van der Waals surface area (Å²) >= 11 is 0. The van der Waals surface area contributed by atoms with Gasteiger partial charge in [-0.15, -0.1) is 6.58 Å².